The van der Waals surface area contributed by atoms with Gasteiger partial charge in [0.15, 0.2) is 0 Å². The van der Waals surface area contributed by atoms with Crippen LogP contribution in [-0.2, 0) is 9.53 Å². The minimum absolute atomic E-state index is 0.122. The van der Waals surface area contributed by atoms with Gasteiger partial charge in [-0.2, -0.15) is 0 Å². The maximum Gasteiger partial charge on any atom is 0.340 e. The summed E-state index contributed by atoms with van der Waals surface area (Å²) in [5, 5.41) is 2.49. The number of amides is 2. The quantitative estimate of drug-likeness (QED) is 0.323. The number of nitrogens with zero attached hydrogens (tertiary/aromatic N) is 1. The standard InChI is InChI=1S/C10H16N2O3/c1-4-8(3)12-10(14)11-6-7-15-9(13)5-2/h5H,2,4,6-7H2,1,3H3,(H,11,14)/b12-8-. The van der Waals surface area contributed by atoms with Crippen molar-refractivity contribution in [1.82, 2.24) is 5.32 Å². The Morgan fingerprint density at radius 2 is 2.20 bits per heavy atom. The Morgan fingerprint density at radius 3 is 2.73 bits per heavy atom. The monoisotopic (exact) mass is 212 g/mol. The molecule has 0 aromatic heterocycles. The van der Waals surface area contributed by atoms with E-state index in [9.17, 15) is 9.59 Å². The number of carbonyl (C=O) groups excluding carboxylic acids is 2. The summed E-state index contributed by atoms with van der Waals surface area (Å²) in [5.41, 5.74) is 0.760. The summed E-state index contributed by atoms with van der Waals surface area (Å²) in [6.45, 7) is 7.30. The number of hydrogen-bond donors (Lipinski definition) is 1. The molecule has 2 amide bonds. The predicted molar refractivity (Wildman–Crippen MR) is 58.0 cm³/mol. The topological polar surface area (TPSA) is 67.8 Å². The molecule has 0 radical (unpaired) electrons. The van der Waals surface area contributed by atoms with Crippen molar-refractivity contribution in [2.24, 2.45) is 4.99 Å². The van der Waals surface area contributed by atoms with Gasteiger partial charge in [-0.1, -0.05) is 13.5 Å². The normalized spacial score (nSPS) is 10.7. The second kappa shape index (κ2) is 7.73. The highest BCUT2D eigenvalue weighted by Crippen LogP contribution is 1.85. The Balaban J connectivity index is 3.64. The van der Waals surface area contributed by atoms with Crippen LogP contribution in [-0.4, -0.2) is 30.9 Å². The molecule has 0 aromatic carbocycles. The highest BCUT2D eigenvalue weighted by atomic mass is 16.5. The minimum atomic E-state index is -0.502. The van der Waals surface area contributed by atoms with Crippen LogP contribution < -0.4 is 5.32 Å². The van der Waals surface area contributed by atoms with E-state index in [4.69, 9.17) is 0 Å². The number of hydrogen-bond acceptors (Lipinski definition) is 3. The lowest BCUT2D eigenvalue weighted by molar-refractivity contribution is -0.137. The molecule has 0 fully saturated rings. The van der Waals surface area contributed by atoms with Crippen LogP contribution in [0, 0.1) is 0 Å². The molecule has 0 atom stereocenters. The van der Waals surface area contributed by atoms with Crippen LogP contribution in [0.5, 0.6) is 0 Å². The van der Waals surface area contributed by atoms with Gasteiger partial charge in [0.1, 0.15) is 6.61 Å². The summed E-state index contributed by atoms with van der Waals surface area (Å²) in [6.07, 6.45) is 1.81. The molecule has 0 heterocycles. The van der Waals surface area contributed by atoms with Crippen molar-refractivity contribution in [2.45, 2.75) is 20.3 Å². The number of ether oxygens (including phenoxy) is 1. The van der Waals surface area contributed by atoms with E-state index in [1.54, 1.807) is 6.92 Å². The van der Waals surface area contributed by atoms with E-state index < -0.39 is 12.0 Å². The third-order valence-electron chi connectivity index (χ3n) is 1.59. The lowest BCUT2D eigenvalue weighted by atomic mass is 10.3. The Labute approximate surface area is 89.2 Å². The molecule has 0 unspecified atom stereocenters. The summed E-state index contributed by atoms with van der Waals surface area (Å²) in [7, 11) is 0. The van der Waals surface area contributed by atoms with Gasteiger partial charge in [0, 0.05) is 11.8 Å². The maximum atomic E-state index is 11.1. The van der Waals surface area contributed by atoms with E-state index >= 15 is 0 Å². The van der Waals surface area contributed by atoms with Crippen molar-refractivity contribution < 1.29 is 14.3 Å². The lowest BCUT2D eigenvalue weighted by Gasteiger charge is -2.02. The summed E-state index contributed by atoms with van der Waals surface area (Å²) >= 11 is 0. The second-order valence-electron chi connectivity index (χ2n) is 2.80. The third kappa shape index (κ3) is 7.42. The largest absolute Gasteiger partial charge is 0.461 e. The first-order valence-electron chi connectivity index (χ1n) is 4.71. The summed E-state index contributed by atoms with van der Waals surface area (Å²) in [4.78, 5) is 25.4. The predicted octanol–water partition coefficient (Wildman–Crippen LogP) is 1.30. The van der Waals surface area contributed by atoms with E-state index in [2.05, 4.69) is 21.6 Å². The van der Waals surface area contributed by atoms with Crippen molar-refractivity contribution >= 4 is 17.7 Å². The van der Waals surface area contributed by atoms with Crippen LogP contribution in [0.25, 0.3) is 0 Å². The van der Waals surface area contributed by atoms with Crippen LogP contribution in [0.1, 0.15) is 20.3 Å². The number of esters is 1. The van der Waals surface area contributed by atoms with E-state index in [1.165, 1.54) is 0 Å². The molecule has 0 aliphatic rings. The molecule has 5 heteroatoms. The van der Waals surface area contributed by atoms with Gasteiger partial charge in [0.2, 0.25) is 0 Å². The van der Waals surface area contributed by atoms with E-state index in [1.807, 2.05) is 6.92 Å². The van der Waals surface area contributed by atoms with Gasteiger partial charge in [-0.3, -0.25) is 0 Å². The first kappa shape index (κ1) is 13.4. The van der Waals surface area contributed by atoms with E-state index in [0.29, 0.717) is 0 Å². The Hall–Kier alpha value is -1.65. The van der Waals surface area contributed by atoms with Crippen molar-refractivity contribution in [2.75, 3.05) is 13.2 Å². The van der Waals surface area contributed by atoms with Crippen molar-refractivity contribution in [3.8, 4) is 0 Å². The molecule has 0 aromatic rings. The zero-order valence-electron chi connectivity index (χ0n) is 9.08. The van der Waals surface area contributed by atoms with Crippen LogP contribution in [0.2, 0.25) is 0 Å². The maximum absolute atomic E-state index is 11.1. The highest BCUT2D eigenvalue weighted by Gasteiger charge is 1.99. The lowest BCUT2D eigenvalue weighted by Crippen LogP contribution is -2.25. The second-order valence-corrected chi connectivity index (χ2v) is 2.80. The average molecular weight is 212 g/mol. The van der Waals surface area contributed by atoms with Gasteiger partial charge in [-0.25, -0.2) is 14.6 Å². The van der Waals surface area contributed by atoms with E-state index in [0.717, 1.165) is 18.2 Å². The van der Waals surface area contributed by atoms with Gasteiger partial charge in [0.05, 0.1) is 6.54 Å². The highest BCUT2D eigenvalue weighted by molar-refractivity contribution is 5.93. The number of rotatable bonds is 5. The SMILES string of the molecule is C=CC(=O)OCCNC(=O)/N=C(/C)CC. The molecule has 0 saturated heterocycles. The fraction of sp³-hybridized carbons (Fsp3) is 0.500. The van der Waals surface area contributed by atoms with Crippen molar-refractivity contribution in [3.05, 3.63) is 12.7 Å². The molecule has 0 rings (SSSR count). The third-order valence-corrected chi connectivity index (χ3v) is 1.59. The Bertz CT molecular complexity index is 272. The molecule has 0 bridgehead atoms. The number of aliphatic imine (C=N–C) groups is 1. The first-order chi connectivity index (χ1) is 7.10. The smallest absolute Gasteiger partial charge is 0.340 e. The molecule has 0 aliphatic heterocycles. The van der Waals surface area contributed by atoms with E-state index in [-0.39, 0.29) is 13.2 Å². The molecule has 5 nitrogen and oxygen atoms in total. The zero-order valence-corrected chi connectivity index (χ0v) is 9.08. The van der Waals surface area contributed by atoms with Crippen LogP contribution in [0.3, 0.4) is 0 Å². The fourth-order valence-corrected chi connectivity index (χ4v) is 0.660. The van der Waals surface area contributed by atoms with Crippen LogP contribution >= 0.6 is 0 Å². The molecular weight excluding hydrogens is 196 g/mol. The van der Waals surface area contributed by atoms with Crippen molar-refractivity contribution in [3.63, 3.8) is 0 Å². The molecule has 0 spiro atoms. The Morgan fingerprint density at radius 1 is 1.53 bits per heavy atom. The van der Waals surface area contributed by atoms with Gasteiger partial charge >= 0.3 is 12.0 Å². The summed E-state index contributed by atoms with van der Waals surface area (Å²) in [5.74, 6) is -0.502. The summed E-state index contributed by atoms with van der Waals surface area (Å²) in [6, 6.07) is -0.413. The minimum Gasteiger partial charge on any atom is -0.461 e. The molecule has 84 valence electrons. The first-order valence-corrected chi connectivity index (χ1v) is 4.71. The molecule has 0 aliphatic carbocycles. The van der Waals surface area contributed by atoms with Crippen molar-refractivity contribution in [1.29, 1.82) is 0 Å². The molecular formula is C10H16N2O3. The summed E-state index contributed by atoms with van der Waals surface area (Å²) < 4.78 is 4.65. The fourth-order valence-electron chi connectivity index (χ4n) is 0.660. The van der Waals surface area contributed by atoms with Gasteiger partial charge in [-0.15, -0.1) is 0 Å². The zero-order chi connectivity index (χ0) is 11.7. The van der Waals surface area contributed by atoms with Crippen LogP contribution in [0.4, 0.5) is 4.79 Å². The van der Waals surface area contributed by atoms with Gasteiger partial charge in [-0.05, 0) is 13.3 Å². The number of carbonyl (C=O) groups is 2. The molecule has 15 heavy (non-hydrogen) atoms. The average Bonchev–Trinajstić information content (AvgIpc) is 2.23. The Kier molecular flexibility index (Phi) is 6.88. The number of urea groups is 1. The van der Waals surface area contributed by atoms with Gasteiger partial charge < -0.3 is 10.1 Å². The van der Waals surface area contributed by atoms with Gasteiger partial charge in [0.25, 0.3) is 0 Å². The van der Waals surface area contributed by atoms with Crippen LogP contribution in [0.15, 0.2) is 17.6 Å². The number of nitrogens with one attached hydrogen (secondary N) is 1. The molecule has 1 N–H and O–H groups in total. The molecule has 0 saturated carbocycles.